The van der Waals surface area contributed by atoms with Gasteiger partial charge < -0.3 is 4.74 Å². The van der Waals surface area contributed by atoms with Crippen molar-refractivity contribution in [2.24, 2.45) is 0 Å². The van der Waals surface area contributed by atoms with Crippen molar-refractivity contribution in [3.8, 4) is 5.75 Å². The Kier molecular flexibility index (Phi) is 3.96. The number of rotatable bonds is 3. The second-order valence-electron chi connectivity index (χ2n) is 4.03. The first-order valence-corrected chi connectivity index (χ1v) is 5.42. The lowest BCUT2D eigenvalue weighted by molar-refractivity contribution is 0.269. The van der Waals surface area contributed by atoms with Crippen LogP contribution in [0.3, 0.4) is 0 Å². The molecule has 0 N–H and O–H groups in total. The molecule has 0 bridgehead atoms. The number of allylic oxidation sites excluding steroid dienone is 1. The van der Waals surface area contributed by atoms with Gasteiger partial charge in [0.15, 0.2) is 0 Å². The van der Waals surface area contributed by atoms with Gasteiger partial charge in [-0.25, -0.2) is 0 Å². The Morgan fingerprint density at radius 2 is 1.67 bits per heavy atom. The first kappa shape index (κ1) is 11.8. The SMILES string of the molecule is C/C=C/[C@@H](C)Oc1cc(C)c(C)c(C)c1. The molecule has 0 aliphatic carbocycles. The summed E-state index contributed by atoms with van der Waals surface area (Å²) in [7, 11) is 0. The molecule has 0 saturated heterocycles. The zero-order valence-electron chi connectivity index (χ0n) is 10.3. The minimum atomic E-state index is 0.136. The van der Waals surface area contributed by atoms with Gasteiger partial charge in [0.05, 0.1) is 0 Å². The Labute approximate surface area is 92.8 Å². The van der Waals surface area contributed by atoms with Gasteiger partial charge in [-0.3, -0.25) is 0 Å². The van der Waals surface area contributed by atoms with E-state index in [4.69, 9.17) is 4.74 Å². The van der Waals surface area contributed by atoms with Gasteiger partial charge in [-0.05, 0) is 69.5 Å². The fraction of sp³-hybridized carbons (Fsp3) is 0.429. The first-order chi connectivity index (χ1) is 7.04. The van der Waals surface area contributed by atoms with E-state index in [-0.39, 0.29) is 6.10 Å². The molecular weight excluding hydrogens is 184 g/mol. The number of aryl methyl sites for hydroxylation is 2. The molecule has 0 spiro atoms. The fourth-order valence-electron chi connectivity index (χ4n) is 1.59. The highest BCUT2D eigenvalue weighted by atomic mass is 16.5. The molecule has 1 aromatic rings. The van der Waals surface area contributed by atoms with E-state index in [1.807, 2.05) is 26.0 Å². The summed E-state index contributed by atoms with van der Waals surface area (Å²) in [6, 6.07) is 4.20. The summed E-state index contributed by atoms with van der Waals surface area (Å²) in [5.41, 5.74) is 3.93. The van der Waals surface area contributed by atoms with Crippen LogP contribution in [0.4, 0.5) is 0 Å². The molecule has 0 aliphatic rings. The third-order valence-corrected chi connectivity index (χ3v) is 2.69. The number of hydrogen-bond acceptors (Lipinski definition) is 1. The van der Waals surface area contributed by atoms with E-state index < -0.39 is 0 Å². The summed E-state index contributed by atoms with van der Waals surface area (Å²) >= 11 is 0. The molecule has 1 rings (SSSR count). The standard InChI is InChI=1S/C14H20O/c1-6-7-12(4)15-14-8-10(2)13(5)11(3)9-14/h6-9,12H,1-5H3/b7-6+/t12-/m1/s1. The number of benzene rings is 1. The van der Waals surface area contributed by atoms with Crippen LogP contribution < -0.4 is 4.74 Å². The minimum absolute atomic E-state index is 0.136. The molecule has 0 fully saturated rings. The van der Waals surface area contributed by atoms with Crippen LogP contribution in [0.15, 0.2) is 24.3 Å². The summed E-state index contributed by atoms with van der Waals surface area (Å²) in [5, 5.41) is 0. The van der Waals surface area contributed by atoms with E-state index in [0.29, 0.717) is 0 Å². The highest BCUT2D eigenvalue weighted by Gasteiger charge is 2.03. The van der Waals surface area contributed by atoms with Crippen LogP contribution in [-0.2, 0) is 0 Å². The highest BCUT2D eigenvalue weighted by molar-refractivity contribution is 5.40. The van der Waals surface area contributed by atoms with Crippen LogP contribution in [0.25, 0.3) is 0 Å². The lowest BCUT2D eigenvalue weighted by Gasteiger charge is -2.14. The Balaban J connectivity index is 2.87. The minimum Gasteiger partial charge on any atom is -0.487 e. The molecule has 0 unspecified atom stereocenters. The molecule has 15 heavy (non-hydrogen) atoms. The summed E-state index contributed by atoms with van der Waals surface area (Å²) in [6.45, 7) is 10.4. The molecule has 1 nitrogen and oxygen atoms in total. The Bertz CT molecular complexity index is 341. The van der Waals surface area contributed by atoms with Gasteiger partial charge >= 0.3 is 0 Å². The van der Waals surface area contributed by atoms with Crippen LogP contribution in [0, 0.1) is 20.8 Å². The largest absolute Gasteiger partial charge is 0.487 e. The zero-order chi connectivity index (χ0) is 11.4. The van der Waals surface area contributed by atoms with Crippen molar-refractivity contribution in [1.29, 1.82) is 0 Å². The quantitative estimate of drug-likeness (QED) is 0.677. The molecular formula is C14H20O. The molecule has 1 aromatic carbocycles. The van der Waals surface area contributed by atoms with E-state index in [2.05, 4.69) is 32.9 Å². The van der Waals surface area contributed by atoms with Crippen LogP contribution >= 0.6 is 0 Å². The van der Waals surface area contributed by atoms with E-state index >= 15 is 0 Å². The molecule has 0 saturated carbocycles. The molecule has 82 valence electrons. The maximum absolute atomic E-state index is 5.78. The predicted octanol–water partition coefficient (Wildman–Crippen LogP) is 3.96. The van der Waals surface area contributed by atoms with Crippen molar-refractivity contribution >= 4 is 0 Å². The van der Waals surface area contributed by atoms with Crippen molar-refractivity contribution in [1.82, 2.24) is 0 Å². The number of hydrogen-bond donors (Lipinski definition) is 0. The number of ether oxygens (including phenoxy) is 1. The predicted molar refractivity (Wildman–Crippen MR) is 65.6 cm³/mol. The summed E-state index contributed by atoms with van der Waals surface area (Å²) in [4.78, 5) is 0. The monoisotopic (exact) mass is 204 g/mol. The van der Waals surface area contributed by atoms with Gasteiger partial charge in [-0.15, -0.1) is 0 Å². The Hall–Kier alpha value is -1.24. The van der Waals surface area contributed by atoms with Crippen molar-refractivity contribution in [3.63, 3.8) is 0 Å². The molecule has 0 radical (unpaired) electrons. The van der Waals surface area contributed by atoms with Crippen molar-refractivity contribution in [2.45, 2.75) is 40.7 Å². The van der Waals surface area contributed by atoms with Crippen LogP contribution in [0.5, 0.6) is 5.75 Å². The third kappa shape index (κ3) is 3.12. The molecule has 0 heterocycles. The van der Waals surface area contributed by atoms with Gasteiger partial charge in [-0.1, -0.05) is 6.08 Å². The van der Waals surface area contributed by atoms with Crippen LogP contribution in [0.2, 0.25) is 0 Å². The summed E-state index contributed by atoms with van der Waals surface area (Å²) < 4.78 is 5.78. The highest BCUT2D eigenvalue weighted by Crippen LogP contribution is 2.21. The zero-order valence-corrected chi connectivity index (χ0v) is 10.3. The molecule has 0 aliphatic heterocycles. The van der Waals surface area contributed by atoms with Gasteiger partial charge in [0, 0.05) is 0 Å². The molecule has 1 heteroatoms. The smallest absolute Gasteiger partial charge is 0.120 e. The fourth-order valence-corrected chi connectivity index (χ4v) is 1.59. The maximum Gasteiger partial charge on any atom is 0.120 e. The Morgan fingerprint density at radius 1 is 1.13 bits per heavy atom. The van der Waals surface area contributed by atoms with Gasteiger partial charge in [0.1, 0.15) is 11.9 Å². The second-order valence-corrected chi connectivity index (χ2v) is 4.03. The summed E-state index contributed by atoms with van der Waals surface area (Å²) in [5.74, 6) is 0.959. The van der Waals surface area contributed by atoms with Crippen molar-refractivity contribution in [2.75, 3.05) is 0 Å². The van der Waals surface area contributed by atoms with Gasteiger partial charge in [0.2, 0.25) is 0 Å². The third-order valence-electron chi connectivity index (χ3n) is 2.69. The van der Waals surface area contributed by atoms with E-state index in [1.165, 1.54) is 16.7 Å². The van der Waals surface area contributed by atoms with E-state index in [0.717, 1.165) is 5.75 Å². The first-order valence-electron chi connectivity index (χ1n) is 5.42. The topological polar surface area (TPSA) is 9.23 Å². The Morgan fingerprint density at radius 3 is 2.13 bits per heavy atom. The van der Waals surface area contributed by atoms with Gasteiger partial charge in [-0.2, -0.15) is 0 Å². The van der Waals surface area contributed by atoms with E-state index in [9.17, 15) is 0 Å². The van der Waals surface area contributed by atoms with Crippen LogP contribution in [-0.4, -0.2) is 6.10 Å². The average Bonchev–Trinajstić information content (AvgIpc) is 2.14. The lowest BCUT2D eigenvalue weighted by atomic mass is 10.0. The van der Waals surface area contributed by atoms with Crippen molar-refractivity contribution < 1.29 is 4.74 Å². The summed E-state index contributed by atoms with van der Waals surface area (Å²) in [6.07, 6.45) is 4.19. The average molecular weight is 204 g/mol. The van der Waals surface area contributed by atoms with Crippen molar-refractivity contribution in [3.05, 3.63) is 41.0 Å². The molecule has 1 atom stereocenters. The molecule has 0 amide bonds. The van der Waals surface area contributed by atoms with Crippen LogP contribution in [0.1, 0.15) is 30.5 Å². The normalized spacial score (nSPS) is 13.1. The van der Waals surface area contributed by atoms with Gasteiger partial charge in [0.25, 0.3) is 0 Å². The van der Waals surface area contributed by atoms with E-state index in [1.54, 1.807) is 0 Å². The molecule has 0 aromatic heterocycles. The lowest BCUT2D eigenvalue weighted by Crippen LogP contribution is -2.08. The second kappa shape index (κ2) is 5.01. The maximum atomic E-state index is 5.78.